The predicted octanol–water partition coefficient (Wildman–Crippen LogP) is 3.58. The fourth-order valence-corrected chi connectivity index (χ4v) is 6.29. The van der Waals surface area contributed by atoms with Gasteiger partial charge in [0.25, 0.3) is 0 Å². The molecule has 4 aliphatic rings. The minimum atomic E-state index is -0.381. The Morgan fingerprint density at radius 3 is 2.51 bits per heavy atom. The lowest BCUT2D eigenvalue weighted by Gasteiger charge is -2.48. The number of aliphatic imine (C=N–C) groups is 2. The van der Waals surface area contributed by atoms with E-state index in [1.807, 2.05) is 0 Å². The number of nitrogens with zero attached hydrogens (tertiary/aromatic N) is 5. The molecule has 204 valence electrons. The zero-order chi connectivity index (χ0) is 26.5. The first-order chi connectivity index (χ1) is 17.8. The molecule has 2 fully saturated rings. The maximum absolute atomic E-state index is 6.43. The normalized spacial score (nSPS) is 30.0. The van der Waals surface area contributed by atoms with E-state index in [1.54, 1.807) is 0 Å². The Bertz CT molecular complexity index is 953. The summed E-state index contributed by atoms with van der Waals surface area (Å²) in [4.78, 5) is 17.6. The Morgan fingerprint density at radius 2 is 1.89 bits per heavy atom. The van der Waals surface area contributed by atoms with E-state index in [4.69, 9.17) is 15.7 Å². The highest BCUT2D eigenvalue weighted by molar-refractivity contribution is 6.40. The van der Waals surface area contributed by atoms with Gasteiger partial charge in [0.05, 0.1) is 5.71 Å². The van der Waals surface area contributed by atoms with Crippen molar-refractivity contribution in [3.63, 3.8) is 0 Å². The van der Waals surface area contributed by atoms with Crippen molar-refractivity contribution in [1.82, 2.24) is 20.0 Å². The first-order valence-electron chi connectivity index (χ1n) is 14.4. The first kappa shape index (κ1) is 27.8. The summed E-state index contributed by atoms with van der Waals surface area (Å²) in [6, 6.07) is 1.02. The van der Waals surface area contributed by atoms with Crippen LogP contribution in [0.4, 0.5) is 0 Å². The van der Waals surface area contributed by atoms with E-state index in [0.29, 0.717) is 18.0 Å². The summed E-state index contributed by atoms with van der Waals surface area (Å²) in [5.41, 5.74) is 11.0. The van der Waals surface area contributed by atoms with Gasteiger partial charge in [-0.25, -0.2) is 4.99 Å². The lowest BCUT2D eigenvalue weighted by molar-refractivity contribution is 0.0348. The molecule has 0 aromatic rings. The van der Waals surface area contributed by atoms with E-state index in [1.165, 1.54) is 37.1 Å². The standard InChI is InChI=1S/C30H49N7/c1-7-26-20-36(30-23(6)33-28(29(31)34-30)22(5)32-8-2)17-18-37(26)27-13-15-35(16-14-27)19-24-9-11-25(12-10-24)21(3)4/h9-11,25-29,32H,3,5,7-8,12-20,31H2,1-2,4,6H3. The van der Waals surface area contributed by atoms with Crippen molar-refractivity contribution >= 4 is 11.5 Å². The maximum atomic E-state index is 6.43. The van der Waals surface area contributed by atoms with Gasteiger partial charge in [0.2, 0.25) is 0 Å². The number of nitrogens with two attached hydrogens (primary N) is 1. The molecule has 4 unspecified atom stereocenters. The highest BCUT2D eigenvalue weighted by Gasteiger charge is 2.36. The average Bonchev–Trinajstić information content (AvgIpc) is 2.90. The van der Waals surface area contributed by atoms with Crippen molar-refractivity contribution in [2.45, 2.75) is 77.7 Å². The quantitative estimate of drug-likeness (QED) is 0.492. The number of piperidine rings is 1. The van der Waals surface area contributed by atoms with Gasteiger partial charge in [0.15, 0.2) is 0 Å². The molecule has 3 N–H and O–H groups in total. The highest BCUT2D eigenvalue weighted by atomic mass is 15.3. The summed E-state index contributed by atoms with van der Waals surface area (Å²) in [6.45, 7) is 24.1. The van der Waals surface area contributed by atoms with Gasteiger partial charge in [-0.2, -0.15) is 0 Å². The molecule has 0 amide bonds. The Labute approximate surface area is 225 Å². The smallest absolute Gasteiger partial charge is 0.146 e. The molecule has 1 aliphatic carbocycles. The minimum absolute atomic E-state index is 0.190. The lowest BCUT2D eigenvalue weighted by atomic mass is 9.91. The van der Waals surface area contributed by atoms with Crippen molar-refractivity contribution in [2.24, 2.45) is 21.6 Å². The van der Waals surface area contributed by atoms with Gasteiger partial charge >= 0.3 is 0 Å². The zero-order valence-corrected chi connectivity index (χ0v) is 23.6. The average molecular weight is 508 g/mol. The largest absolute Gasteiger partial charge is 0.387 e. The molecule has 2 saturated heterocycles. The highest BCUT2D eigenvalue weighted by Crippen LogP contribution is 2.27. The second-order valence-corrected chi connectivity index (χ2v) is 11.2. The van der Waals surface area contributed by atoms with Crippen molar-refractivity contribution in [1.29, 1.82) is 0 Å². The topological polar surface area (TPSA) is 72.5 Å². The molecule has 4 rings (SSSR count). The van der Waals surface area contributed by atoms with Crippen molar-refractivity contribution in [3.8, 4) is 0 Å². The van der Waals surface area contributed by atoms with Crippen LogP contribution in [0, 0.1) is 5.92 Å². The SMILES string of the molecule is C=C(C)C1C=CC(CN2CCC(N3CCN(C4=NC(N)C(C(=C)NCC)N=C4C)CC3CC)CC2)=CC1. The monoisotopic (exact) mass is 507 g/mol. The Balaban J connectivity index is 1.29. The van der Waals surface area contributed by atoms with Crippen molar-refractivity contribution < 1.29 is 0 Å². The number of rotatable bonds is 8. The Morgan fingerprint density at radius 1 is 1.14 bits per heavy atom. The number of likely N-dealkylation sites (N-methyl/N-ethyl adjacent to an activating group) is 1. The zero-order valence-electron chi connectivity index (χ0n) is 23.6. The molecule has 7 nitrogen and oxygen atoms in total. The number of allylic oxidation sites excluding steroid dienone is 3. The van der Waals surface area contributed by atoms with Gasteiger partial charge in [-0.05, 0) is 65.1 Å². The molecule has 3 heterocycles. The number of nitrogens with one attached hydrogen (secondary N) is 1. The molecule has 0 saturated carbocycles. The van der Waals surface area contributed by atoms with Crippen LogP contribution in [0.25, 0.3) is 0 Å². The van der Waals surface area contributed by atoms with E-state index in [2.05, 4.69) is 79.1 Å². The third-order valence-electron chi connectivity index (χ3n) is 8.55. The lowest BCUT2D eigenvalue weighted by Crippen LogP contribution is -2.60. The van der Waals surface area contributed by atoms with Crippen LogP contribution in [0.5, 0.6) is 0 Å². The summed E-state index contributed by atoms with van der Waals surface area (Å²) in [5, 5.41) is 3.27. The molecular formula is C30H49N7. The second kappa shape index (κ2) is 12.5. The van der Waals surface area contributed by atoms with Crippen LogP contribution in [0.2, 0.25) is 0 Å². The molecule has 0 aromatic heterocycles. The van der Waals surface area contributed by atoms with Gasteiger partial charge < -0.3 is 16.0 Å². The summed E-state index contributed by atoms with van der Waals surface area (Å²) < 4.78 is 0. The molecule has 4 atom stereocenters. The van der Waals surface area contributed by atoms with Crippen molar-refractivity contribution in [3.05, 3.63) is 48.2 Å². The van der Waals surface area contributed by atoms with Crippen LogP contribution >= 0.6 is 0 Å². The van der Waals surface area contributed by atoms with Gasteiger partial charge in [0.1, 0.15) is 18.0 Å². The predicted molar refractivity (Wildman–Crippen MR) is 157 cm³/mol. The van der Waals surface area contributed by atoms with Crippen LogP contribution in [-0.2, 0) is 0 Å². The third-order valence-corrected chi connectivity index (χ3v) is 8.55. The van der Waals surface area contributed by atoms with E-state index >= 15 is 0 Å². The number of likely N-dealkylation sites (tertiary alicyclic amines) is 1. The molecule has 0 spiro atoms. The summed E-state index contributed by atoms with van der Waals surface area (Å²) in [6.07, 6.45) is 11.5. The van der Waals surface area contributed by atoms with Gasteiger partial charge in [-0.1, -0.05) is 43.9 Å². The summed E-state index contributed by atoms with van der Waals surface area (Å²) in [7, 11) is 0. The van der Waals surface area contributed by atoms with E-state index < -0.39 is 0 Å². The Kier molecular flexibility index (Phi) is 9.43. The molecule has 7 heteroatoms. The van der Waals surface area contributed by atoms with Gasteiger partial charge in [-0.3, -0.25) is 14.8 Å². The summed E-state index contributed by atoms with van der Waals surface area (Å²) in [5.74, 6) is 1.49. The minimum Gasteiger partial charge on any atom is -0.387 e. The Hall–Kier alpha value is -2.22. The summed E-state index contributed by atoms with van der Waals surface area (Å²) >= 11 is 0. The number of hydrogen-bond acceptors (Lipinski definition) is 7. The molecule has 0 bridgehead atoms. The second-order valence-electron chi connectivity index (χ2n) is 11.2. The third kappa shape index (κ3) is 6.62. The van der Waals surface area contributed by atoms with E-state index in [9.17, 15) is 0 Å². The fraction of sp³-hybridized carbons (Fsp3) is 0.667. The molecular weight excluding hydrogens is 458 g/mol. The molecule has 37 heavy (non-hydrogen) atoms. The van der Waals surface area contributed by atoms with Crippen LogP contribution in [0.15, 0.2) is 58.2 Å². The first-order valence-corrected chi connectivity index (χ1v) is 14.4. The maximum Gasteiger partial charge on any atom is 0.146 e. The van der Waals surface area contributed by atoms with E-state index in [-0.39, 0.29) is 12.2 Å². The van der Waals surface area contributed by atoms with Crippen molar-refractivity contribution in [2.75, 3.05) is 45.8 Å². The number of hydrogen-bond donors (Lipinski definition) is 2. The molecule has 0 radical (unpaired) electrons. The van der Waals surface area contributed by atoms with Crippen LogP contribution in [0.3, 0.4) is 0 Å². The molecule has 3 aliphatic heterocycles. The number of amidine groups is 1. The molecule has 0 aromatic carbocycles. The van der Waals surface area contributed by atoms with Crippen LogP contribution in [0.1, 0.15) is 53.4 Å². The van der Waals surface area contributed by atoms with E-state index in [0.717, 1.165) is 62.8 Å². The van der Waals surface area contributed by atoms with Gasteiger partial charge in [-0.15, -0.1) is 0 Å². The fourth-order valence-electron chi connectivity index (χ4n) is 6.29. The van der Waals surface area contributed by atoms with Crippen LogP contribution in [-0.4, -0.2) is 96.4 Å². The van der Waals surface area contributed by atoms with Gasteiger partial charge in [0, 0.05) is 56.4 Å². The number of piperazine rings is 1. The van der Waals surface area contributed by atoms with Crippen LogP contribution < -0.4 is 11.1 Å².